The summed E-state index contributed by atoms with van der Waals surface area (Å²) in [6, 6.07) is 39.5. The first-order valence-corrected chi connectivity index (χ1v) is 18.3. The third-order valence-electron chi connectivity index (χ3n) is 10.1. The molecule has 1 aliphatic rings. The molecule has 6 aromatic rings. The Morgan fingerprint density at radius 3 is 1.76 bits per heavy atom. The van der Waals surface area contributed by atoms with Crippen molar-refractivity contribution in [3.05, 3.63) is 138 Å². The van der Waals surface area contributed by atoms with Gasteiger partial charge in [0.1, 0.15) is 0 Å². The summed E-state index contributed by atoms with van der Waals surface area (Å²) in [4.78, 5) is 41.4. The maximum atomic E-state index is 14.0. The van der Waals surface area contributed by atoms with E-state index in [4.69, 9.17) is 10.5 Å². The van der Waals surface area contributed by atoms with Crippen molar-refractivity contribution in [3.63, 3.8) is 0 Å². The van der Waals surface area contributed by atoms with E-state index in [1.54, 1.807) is 18.2 Å². The van der Waals surface area contributed by atoms with Crippen LogP contribution in [-0.4, -0.2) is 46.2 Å². The van der Waals surface area contributed by atoms with Crippen molar-refractivity contribution in [2.45, 2.75) is 38.6 Å². The quantitative estimate of drug-likeness (QED) is 0.123. The number of amides is 1. The van der Waals surface area contributed by atoms with Crippen molar-refractivity contribution in [2.24, 2.45) is 5.92 Å². The fraction of sp³-hybridized carbons (Fsp3) is 0.239. The van der Waals surface area contributed by atoms with Crippen LogP contribution in [0, 0.1) is 5.92 Å². The van der Waals surface area contributed by atoms with Crippen molar-refractivity contribution in [1.29, 1.82) is 0 Å². The minimum Gasteiger partial charge on any atom is -0.465 e. The molecular formula is C46H47N3O5. The van der Waals surface area contributed by atoms with Gasteiger partial charge in [-0.3, -0.25) is 4.79 Å². The fourth-order valence-corrected chi connectivity index (χ4v) is 7.09. The Morgan fingerprint density at radius 2 is 1.19 bits per heavy atom. The van der Waals surface area contributed by atoms with Crippen LogP contribution in [0.5, 0.6) is 0 Å². The highest BCUT2D eigenvalue weighted by molar-refractivity contribution is 6.06. The van der Waals surface area contributed by atoms with Gasteiger partial charge >= 0.3 is 11.9 Å². The van der Waals surface area contributed by atoms with Crippen molar-refractivity contribution >= 4 is 56.5 Å². The molecule has 0 heterocycles. The number of nitrogens with zero attached hydrogens (tertiary/aromatic N) is 2. The smallest absolute Gasteiger partial charge is 0.337 e. The second-order valence-corrected chi connectivity index (χ2v) is 13.9. The second kappa shape index (κ2) is 17.1. The van der Waals surface area contributed by atoms with Crippen LogP contribution in [-0.2, 0) is 20.8 Å². The van der Waals surface area contributed by atoms with Crippen LogP contribution >= 0.6 is 0 Å². The molecule has 1 amide bonds. The molecule has 0 spiro atoms. The summed E-state index contributed by atoms with van der Waals surface area (Å²) in [5.74, 6) is -0.478. The second-order valence-electron chi connectivity index (χ2n) is 13.9. The monoisotopic (exact) mass is 721 g/mol. The lowest BCUT2D eigenvalue weighted by Crippen LogP contribution is -2.36. The molecular weight excluding hydrogens is 675 g/mol. The maximum absolute atomic E-state index is 14.0. The highest BCUT2D eigenvalue weighted by atomic mass is 16.5. The topological polar surface area (TPSA) is 102 Å². The van der Waals surface area contributed by atoms with E-state index in [0.717, 1.165) is 69.6 Å². The molecule has 8 nitrogen and oxygen atoms in total. The fourth-order valence-electron chi connectivity index (χ4n) is 7.09. The summed E-state index contributed by atoms with van der Waals surface area (Å²) in [7, 11) is 6.83. The van der Waals surface area contributed by atoms with Gasteiger partial charge in [0.05, 0.1) is 37.6 Å². The molecule has 1 fully saturated rings. The van der Waals surface area contributed by atoms with Gasteiger partial charge in [0.2, 0.25) is 5.91 Å². The van der Waals surface area contributed by atoms with Gasteiger partial charge in [0, 0.05) is 42.2 Å². The zero-order valence-electron chi connectivity index (χ0n) is 31.4. The molecule has 1 aliphatic carbocycles. The van der Waals surface area contributed by atoms with Crippen molar-refractivity contribution in [2.75, 3.05) is 43.8 Å². The van der Waals surface area contributed by atoms with Gasteiger partial charge in [-0.05, 0) is 88.8 Å². The molecule has 7 rings (SSSR count). The summed E-state index contributed by atoms with van der Waals surface area (Å²) in [5, 5.41) is 3.75. The zero-order valence-corrected chi connectivity index (χ0v) is 31.4. The molecule has 6 aromatic carbocycles. The van der Waals surface area contributed by atoms with Crippen molar-refractivity contribution in [1.82, 2.24) is 0 Å². The van der Waals surface area contributed by atoms with E-state index in [1.165, 1.54) is 26.3 Å². The van der Waals surface area contributed by atoms with E-state index in [0.29, 0.717) is 23.4 Å². The predicted molar refractivity (Wildman–Crippen MR) is 219 cm³/mol. The first kappa shape index (κ1) is 37.6. The van der Waals surface area contributed by atoms with Crippen LogP contribution in [0.1, 0.15) is 58.4 Å². The lowest BCUT2D eigenvalue weighted by molar-refractivity contribution is -0.123. The summed E-state index contributed by atoms with van der Waals surface area (Å²) in [5.41, 5.74) is 13.0. The number of nitrogens with two attached hydrogens (primary N) is 1. The van der Waals surface area contributed by atoms with Crippen LogP contribution in [0.3, 0.4) is 0 Å². The number of hydrogen-bond acceptors (Lipinski definition) is 7. The van der Waals surface area contributed by atoms with Crippen LogP contribution in [0.15, 0.2) is 121 Å². The Hall–Kier alpha value is -6.15. The minimum atomic E-state index is -0.367. The molecule has 0 aliphatic heterocycles. The first-order valence-electron chi connectivity index (χ1n) is 18.3. The molecule has 2 N–H and O–H groups in total. The molecule has 0 saturated heterocycles. The van der Waals surface area contributed by atoms with E-state index in [2.05, 4.69) is 58.2 Å². The van der Waals surface area contributed by atoms with E-state index in [1.807, 2.05) is 73.6 Å². The van der Waals surface area contributed by atoms with E-state index < -0.39 is 0 Å². The third kappa shape index (κ3) is 8.55. The average molecular weight is 722 g/mol. The van der Waals surface area contributed by atoms with Gasteiger partial charge in [0.15, 0.2) is 0 Å². The number of nitrogen functional groups attached to an aromatic ring is 1. The molecule has 54 heavy (non-hydrogen) atoms. The number of rotatable bonds is 8. The number of hydrogen-bond donors (Lipinski definition) is 1. The summed E-state index contributed by atoms with van der Waals surface area (Å²) in [6.45, 7) is 0.493. The van der Waals surface area contributed by atoms with Crippen LogP contribution in [0.2, 0.25) is 0 Å². The molecule has 0 bridgehead atoms. The average Bonchev–Trinajstić information content (AvgIpc) is 3.22. The first-order chi connectivity index (χ1) is 26.2. The number of esters is 2. The lowest BCUT2D eigenvalue weighted by atomic mass is 9.88. The Labute approximate surface area is 317 Å². The van der Waals surface area contributed by atoms with E-state index in [9.17, 15) is 14.4 Å². The Balaban J connectivity index is 0.000000276. The van der Waals surface area contributed by atoms with Crippen LogP contribution in [0.25, 0.3) is 32.7 Å². The van der Waals surface area contributed by atoms with Crippen molar-refractivity contribution < 1.29 is 23.9 Å². The molecule has 0 radical (unpaired) electrons. The number of benzene rings is 6. The number of carbonyl (C=O) groups excluding carboxylic acids is 3. The van der Waals surface area contributed by atoms with Gasteiger partial charge in [0.25, 0.3) is 0 Å². The van der Waals surface area contributed by atoms with Crippen molar-refractivity contribution in [3.8, 4) is 11.1 Å². The predicted octanol–water partition coefficient (Wildman–Crippen LogP) is 9.68. The Kier molecular flexibility index (Phi) is 11.9. The number of ether oxygens (including phenoxy) is 2. The molecule has 8 heteroatoms. The summed E-state index contributed by atoms with van der Waals surface area (Å²) in [6.07, 6.45) is 5.28. The summed E-state index contributed by atoms with van der Waals surface area (Å²) >= 11 is 0. The third-order valence-corrected chi connectivity index (χ3v) is 10.1. The van der Waals surface area contributed by atoms with Gasteiger partial charge < -0.3 is 25.0 Å². The number of fused-ring (bicyclic) bond motifs is 2. The van der Waals surface area contributed by atoms with Crippen LogP contribution < -0.4 is 15.5 Å². The highest BCUT2D eigenvalue weighted by Crippen LogP contribution is 2.34. The maximum Gasteiger partial charge on any atom is 0.337 e. The van der Waals surface area contributed by atoms with Gasteiger partial charge in [-0.25, -0.2) is 9.59 Å². The Morgan fingerprint density at radius 1 is 0.648 bits per heavy atom. The van der Waals surface area contributed by atoms with Gasteiger partial charge in [-0.1, -0.05) is 92.1 Å². The van der Waals surface area contributed by atoms with E-state index >= 15 is 0 Å². The largest absolute Gasteiger partial charge is 0.465 e. The molecule has 0 aromatic heterocycles. The van der Waals surface area contributed by atoms with Gasteiger partial charge in [-0.2, -0.15) is 0 Å². The SMILES string of the molecule is COC(=O)c1ccc2c(N(Cc3ccc(-c4ccc(N(C)C)cc4)cc3)C(=O)C3CCCCC3)cccc2c1.COC(=O)c1ccc2c(N)cccc2c1. The number of carbonyl (C=O) groups is 3. The minimum absolute atomic E-state index is 0.0397. The normalized spacial score (nSPS) is 12.7. The number of methoxy groups -OCH3 is 2. The van der Waals surface area contributed by atoms with E-state index in [-0.39, 0.29) is 23.8 Å². The van der Waals surface area contributed by atoms with Gasteiger partial charge in [-0.15, -0.1) is 0 Å². The molecule has 1 saturated carbocycles. The number of anilines is 3. The molecule has 0 unspecified atom stereocenters. The Bertz CT molecular complexity index is 2260. The lowest BCUT2D eigenvalue weighted by Gasteiger charge is -2.30. The molecule has 0 atom stereocenters. The summed E-state index contributed by atoms with van der Waals surface area (Å²) < 4.78 is 9.56. The molecule has 276 valence electrons. The highest BCUT2D eigenvalue weighted by Gasteiger charge is 2.28. The zero-order chi connectivity index (χ0) is 38.2. The standard InChI is InChI=1S/C34H36N2O3.C12H11NO2/c1-35(2)30-19-16-26(17-20-30)25-14-12-24(13-15-25)23-36(33(37)27-8-5-4-6-9-27)32-11-7-10-28-22-29(34(38)39-3)18-21-31(28)32;1-15-12(14)9-5-6-10-8(7-9)3-2-4-11(10)13/h7,10-22,27H,4-6,8-9,23H2,1-3H3;2-7H,13H2,1H3. The van der Waals surface area contributed by atoms with Crippen LogP contribution in [0.4, 0.5) is 17.1 Å².